The fourth-order valence-corrected chi connectivity index (χ4v) is 2.21. The monoisotopic (exact) mass is 285 g/mol. The normalized spacial score (nSPS) is 10.6. The van der Waals surface area contributed by atoms with E-state index in [0.717, 1.165) is 0 Å². The number of H-pyrrole nitrogens is 1. The van der Waals surface area contributed by atoms with Gasteiger partial charge in [-0.1, -0.05) is 23.2 Å². The predicted molar refractivity (Wildman–Crippen MR) is 70.5 cm³/mol. The zero-order valence-corrected chi connectivity index (χ0v) is 10.9. The smallest absolute Gasteiger partial charge is 0.354 e. The quantitative estimate of drug-likeness (QED) is 0.863. The first kappa shape index (κ1) is 12.9. The van der Waals surface area contributed by atoms with Gasteiger partial charge in [-0.05, 0) is 19.1 Å². The second-order valence-electron chi connectivity index (χ2n) is 3.58. The van der Waals surface area contributed by atoms with E-state index >= 15 is 0 Å². The maximum absolute atomic E-state index is 11.9. The Morgan fingerprint density at radius 2 is 2.06 bits per heavy atom. The minimum atomic E-state index is -0.590. The van der Waals surface area contributed by atoms with Crippen molar-refractivity contribution in [3.05, 3.63) is 44.2 Å². The number of hydrogen-bond acceptors (Lipinski definition) is 3. The Kier molecular flexibility index (Phi) is 3.59. The number of halogens is 2. The zero-order chi connectivity index (χ0) is 13.3. The van der Waals surface area contributed by atoms with Crippen LogP contribution in [-0.4, -0.2) is 17.6 Å². The molecule has 1 aromatic heterocycles. The Balaban J connectivity index is 2.69. The Morgan fingerprint density at radius 1 is 1.33 bits per heavy atom. The van der Waals surface area contributed by atoms with Crippen LogP contribution >= 0.6 is 23.2 Å². The highest BCUT2D eigenvalue weighted by Crippen LogP contribution is 2.24. The SMILES string of the molecule is CCOC(=O)c1cc(=O)c2c(Cl)cc(Cl)cc2[nH]1. The van der Waals surface area contributed by atoms with E-state index in [9.17, 15) is 9.59 Å². The summed E-state index contributed by atoms with van der Waals surface area (Å²) in [7, 11) is 0. The average Bonchev–Trinajstić information content (AvgIpc) is 2.27. The molecule has 0 aliphatic rings. The number of esters is 1. The van der Waals surface area contributed by atoms with Crippen LogP contribution < -0.4 is 5.43 Å². The fourth-order valence-electron chi connectivity index (χ4n) is 1.63. The molecule has 18 heavy (non-hydrogen) atoms. The standard InChI is InChI=1S/C12H9Cl2NO3/c1-2-18-12(17)9-5-10(16)11-7(14)3-6(13)4-8(11)15-9/h3-5H,2H2,1H3,(H,15,16). The third-order valence-electron chi connectivity index (χ3n) is 2.34. The van der Waals surface area contributed by atoms with Crippen LogP contribution in [0.3, 0.4) is 0 Å². The lowest BCUT2D eigenvalue weighted by molar-refractivity contribution is 0.0520. The summed E-state index contributed by atoms with van der Waals surface area (Å²) >= 11 is 11.8. The van der Waals surface area contributed by atoms with Crippen LogP contribution in [0, 0.1) is 0 Å². The van der Waals surface area contributed by atoms with Crippen molar-refractivity contribution in [1.29, 1.82) is 0 Å². The van der Waals surface area contributed by atoms with Crippen molar-refractivity contribution in [3.63, 3.8) is 0 Å². The van der Waals surface area contributed by atoms with Crippen molar-refractivity contribution < 1.29 is 9.53 Å². The number of benzene rings is 1. The van der Waals surface area contributed by atoms with Gasteiger partial charge in [-0.25, -0.2) is 4.79 Å². The van der Waals surface area contributed by atoms with E-state index in [1.165, 1.54) is 18.2 Å². The summed E-state index contributed by atoms with van der Waals surface area (Å²) in [5, 5.41) is 0.924. The third-order valence-corrected chi connectivity index (χ3v) is 2.86. The first-order chi connectivity index (χ1) is 8.52. The second-order valence-corrected chi connectivity index (χ2v) is 4.42. The molecule has 0 bridgehead atoms. The number of aromatic nitrogens is 1. The van der Waals surface area contributed by atoms with Crippen LogP contribution in [-0.2, 0) is 4.74 Å². The van der Waals surface area contributed by atoms with Gasteiger partial charge in [-0.2, -0.15) is 0 Å². The summed E-state index contributed by atoms with van der Waals surface area (Å²) < 4.78 is 4.82. The number of carbonyl (C=O) groups excluding carboxylic acids is 1. The minimum Gasteiger partial charge on any atom is -0.461 e. The average molecular weight is 286 g/mol. The summed E-state index contributed by atoms with van der Waals surface area (Å²) in [5.74, 6) is -0.590. The van der Waals surface area contributed by atoms with E-state index in [0.29, 0.717) is 15.9 Å². The lowest BCUT2D eigenvalue weighted by Crippen LogP contribution is -2.12. The lowest BCUT2D eigenvalue weighted by Gasteiger charge is -2.05. The molecule has 4 nitrogen and oxygen atoms in total. The van der Waals surface area contributed by atoms with Crippen LogP contribution in [0.15, 0.2) is 23.0 Å². The van der Waals surface area contributed by atoms with Gasteiger partial charge in [0.2, 0.25) is 0 Å². The van der Waals surface area contributed by atoms with Crippen LogP contribution in [0.5, 0.6) is 0 Å². The summed E-state index contributed by atoms with van der Waals surface area (Å²) in [6.07, 6.45) is 0. The molecule has 0 aliphatic carbocycles. The number of ether oxygens (including phenoxy) is 1. The van der Waals surface area contributed by atoms with Gasteiger partial charge in [0, 0.05) is 11.1 Å². The highest BCUT2D eigenvalue weighted by Gasteiger charge is 2.12. The van der Waals surface area contributed by atoms with Crippen LogP contribution in [0.25, 0.3) is 10.9 Å². The van der Waals surface area contributed by atoms with E-state index < -0.39 is 5.97 Å². The van der Waals surface area contributed by atoms with Gasteiger partial charge in [-0.15, -0.1) is 0 Å². The van der Waals surface area contributed by atoms with Crippen molar-refractivity contribution in [2.75, 3.05) is 6.61 Å². The Hall–Kier alpha value is -1.52. The van der Waals surface area contributed by atoms with E-state index in [1.807, 2.05) is 0 Å². The molecule has 0 aliphatic heterocycles. The summed E-state index contributed by atoms with van der Waals surface area (Å²) in [5.41, 5.74) is 0.129. The molecule has 1 aromatic carbocycles. The summed E-state index contributed by atoms with van der Waals surface area (Å²) in [6, 6.07) is 4.18. The first-order valence-corrected chi connectivity index (χ1v) is 5.97. The lowest BCUT2D eigenvalue weighted by atomic mass is 10.2. The molecule has 0 amide bonds. The van der Waals surface area contributed by atoms with Gasteiger partial charge in [0.25, 0.3) is 0 Å². The number of rotatable bonds is 2. The fraction of sp³-hybridized carbons (Fsp3) is 0.167. The predicted octanol–water partition coefficient (Wildman–Crippen LogP) is 3.01. The molecule has 0 saturated carbocycles. The molecule has 0 saturated heterocycles. The molecule has 2 aromatic rings. The molecule has 0 unspecified atom stereocenters. The highest BCUT2D eigenvalue weighted by molar-refractivity contribution is 6.38. The van der Waals surface area contributed by atoms with Crippen LogP contribution in [0.4, 0.5) is 0 Å². The van der Waals surface area contributed by atoms with Crippen molar-refractivity contribution in [1.82, 2.24) is 4.98 Å². The topological polar surface area (TPSA) is 59.2 Å². The third kappa shape index (κ3) is 2.35. The van der Waals surface area contributed by atoms with Gasteiger partial charge in [-0.3, -0.25) is 4.79 Å². The van der Waals surface area contributed by atoms with E-state index in [1.54, 1.807) is 6.92 Å². The zero-order valence-electron chi connectivity index (χ0n) is 9.42. The molecular weight excluding hydrogens is 277 g/mol. The van der Waals surface area contributed by atoms with Gasteiger partial charge in [0.05, 0.1) is 22.5 Å². The number of nitrogens with one attached hydrogen (secondary N) is 1. The molecule has 0 radical (unpaired) electrons. The van der Waals surface area contributed by atoms with Crippen molar-refractivity contribution in [2.24, 2.45) is 0 Å². The largest absolute Gasteiger partial charge is 0.461 e. The molecule has 0 fully saturated rings. The van der Waals surface area contributed by atoms with Crippen molar-refractivity contribution >= 4 is 40.1 Å². The Morgan fingerprint density at radius 3 is 2.72 bits per heavy atom. The number of fused-ring (bicyclic) bond motifs is 1. The van der Waals surface area contributed by atoms with Crippen LogP contribution in [0.2, 0.25) is 10.0 Å². The van der Waals surface area contributed by atoms with Gasteiger partial charge < -0.3 is 9.72 Å². The number of pyridine rings is 1. The summed E-state index contributed by atoms with van der Waals surface area (Å²) in [4.78, 5) is 26.2. The van der Waals surface area contributed by atoms with E-state index in [-0.39, 0.29) is 22.8 Å². The molecule has 0 spiro atoms. The maximum atomic E-state index is 11.9. The minimum absolute atomic E-state index is 0.0766. The molecule has 2 rings (SSSR count). The maximum Gasteiger partial charge on any atom is 0.354 e. The number of hydrogen-bond donors (Lipinski definition) is 1. The Labute approximate surface area is 112 Å². The molecule has 94 valence electrons. The molecule has 1 heterocycles. The second kappa shape index (κ2) is 5.00. The Bertz CT molecular complexity index is 679. The van der Waals surface area contributed by atoms with Gasteiger partial charge in [0.15, 0.2) is 5.43 Å². The molecular formula is C12H9Cl2NO3. The van der Waals surface area contributed by atoms with Gasteiger partial charge >= 0.3 is 5.97 Å². The molecule has 1 N–H and O–H groups in total. The van der Waals surface area contributed by atoms with Crippen molar-refractivity contribution in [3.8, 4) is 0 Å². The van der Waals surface area contributed by atoms with Gasteiger partial charge in [0.1, 0.15) is 5.69 Å². The van der Waals surface area contributed by atoms with E-state index in [4.69, 9.17) is 27.9 Å². The molecule has 6 heteroatoms. The molecule has 0 atom stereocenters. The van der Waals surface area contributed by atoms with Crippen LogP contribution in [0.1, 0.15) is 17.4 Å². The number of carbonyl (C=O) groups is 1. The first-order valence-electron chi connectivity index (χ1n) is 5.22. The number of aromatic amines is 1. The summed E-state index contributed by atoms with van der Waals surface area (Å²) in [6.45, 7) is 1.92. The van der Waals surface area contributed by atoms with Crippen molar-refractivity contribution in [2.45, 2.75) is 6.92 Å². The highest BCUT2D eigenvalue weighted by atomic mass is 35.5. The van der Waals surface area contributed by atoms with E-state index in [2.05, 4.69) is 4.98 Å².